The van der Waals surface area contributed by atoms with Gasteiger partial charge in [0.15, 0.2) is 0 Å². The Morgan fingerprint density at radius 2 is 1.92 bits per heavy atom. The van der Waals surface area contributed by atoms with E-state index >= 15 is 0 Å². The zero-order valence-corrected chi connectivity index (χ0v) is 9.19. The van der Waals surface area contributed by atoms with Crippen molar-refractivity contribution in [3.8, 4) is 0 Å². The molecule has 1 aliphatic rings. The van der Waals surface area contributed by atoms with Crippen molar-refractivity contribution in [1.29, 1.82) is 0 Å². The molecule has 1 N–H and O–H groups in total. The Bertz CT molecular complexity index is 91.0. The molecule has 0 amide bonds. The summed E-state index contributed by atoms with van der Waals surface area (Å²) in [5.74, 6) is 0.949. The van der Waals surface area contributed by atoms with Crippen molar-refractivity contribution in [3.63, 3.8) is 0 Å². The monoisotopic (exact) mass is 171 g/mol. The third-order valence-corrected chi connectivity index (χ3v) is 2.58. The smallest absolute Gasteiger partial charge is 0.00388 e. The van der Waals surface area contributed by atoms with Gasteiger partial charge in [-0.3, -0.25) is 0 Å². The first-order valence-corrected chi connectivity index (χ1v) is 5.56. The summed E-state index contributed by atoms with van der Waals surface area (Å²) < 4.78 is 0. The number of hydrogen-bond acceptors (Lipinski definition) is 1. The van der Waals surface area contributed by atoms with Crippen LogP contribution in [0.2, 0.25) is 0 Å². The molecule has 0 aromatic carbocycles. The molecule has 2 unspecified atom stereocenters. The van der Waals surface area contributed by atoms with Gasteiger partial charge in [-0.15, -0.1) is 0 Å². The van der Waals surface area contributed by atoms with E-state index < -0.39 is 0 Å². The summed E-state index contributed by atoms with van der Waals surface area (Å²) in [5.41, 5.74) is 0. The fourth-order valence-electron chi connectivity index (χ4n) is 1.63. The summed E-state index contributed by atoms with van der Waals surface area (Å²) in [6.45, 7) is 9.83. The van der Waals surface area contributed by atoms with Gasteiger partial charge in [-0.25, -0.2) is 0 Å². The van der Waals surface area contributed by atoms with Crippen molar-refractivity contribution in [2.45, 2.75) is 59.4 Å². The fourth-order valence-corrected chi connectivity index (χ4v) is 1.63. The van der Waals surface area contributed by atoms with Crippen molar-refractivity contribution in [3.05, 3.63) is 0 Å². The molecule has 0 aromatic rings. The second-order valence-electron chi connectivity index (χ2n) is 3.51. The van der Waals surface area contributed by atoms with Crippen LogP contribution in [-0.2, 0) is 0 Å². The minimum Gasteiger partial charge on any atom is -0.314 e. The predicted molar refractivity (Wildman–Crippen MR) is 56.4 cm³/mol. The van der Waals surface area contributed by atoms with Crippen LogP contribution in [0.15, 0.2) is 0 Å². The molecule has 74 valence electrons. The number of nitrogens with one attached hydrogen (secondary N) is 1. The SMILES string of the molecule is CC.CCC1CCCC(C)NC1. The molecule has 0 bridgehead atoms. The Balaban J connectivity index is 0.000000561. The molecule has 1 heterocycles. The second-order valence-corrected chi connectivity index (χ2v) is 3.51. The highest BCUT2D eigenvalue weighted by Gasteiger charge is 2.12. The van der Waals surface area contributed by atoms with Crippen LogP contribution in [-0.4, -0.2) is 12.6 Å². The van der Waals surface area contributed by atoms with Crippen molar-refractivity contribution in [1.82, 2.24) is 5.32 Å². The lowest BCUT2D eigenvalue weighted by Gasteiger charge is -2.11. The normalized spacial score (nSPS) is 30.0. The number of rotatable bonds is 1. The van der Waals surface area contributed by atoms with Crippen LogP contribution in [0.1, 0.15) is 53.4 Å². The average molecular weight is 171 g/mol. The van der Waals surface area contributed by atoms with Crippen molar-refractivity contribution < 1.29 is 0 Å². The Labute approximate surface area is 77.9 Å². The lowest BCUT2D eigenvalue weighted by molar-refractivity contribution is 0.455. The van der Waals surface area contributed by atoms with Gasteiger partial charge in [0.25, 0.3) is 0 Å². The van der Waals surface area contributed by atoms with E-state index in [-0.39, 0.29) is 0 Å². The summed E-state index contributed by atoms with van der Waals surface area (Å²) >= 11 is 0. The standard InChI is InChI=1S/C9H19N.C2H6/c1-3-9-6-4-5-8(2)10-7-9;1-2/h8-10H,3-7H2,1-2H3;1-2H3. The summed E-state index contributed by atoms with van der Waals surface area (Å²) in [6.07, 6.45) is 5.58. The first-order chi connectivity index (χ1) is 5.83. The van der Waals surface area contributed by atoms with Gasteiger partial charge in [0.2, 0.25) is 0 Å². The highest BCUT2D eigenvalue weighted by Crippen LogP contribution is 2.16. The average Bonchev–Trinajstić information content (AvgIpc) is 2.33. The van der Waals surface area contributed by atoms with Gasteiger partial charge in [-0.1, -0.05) is 33.6 Å². The van der Waals surface area contributed by atoms with E-state index in [0.717, 1.165) is 12.0 Å². The van der Waals surface area contributed by atoms with Gasteiger partial charge in [0, 0.05) is 6.04 Å². The molecule has 1 saturated heterocycles. The van der Waals surface area contributed by atoms with Crippen LogP contribution in [0.4, 0.5) is 0 Å². The summed E-state index contributed by atoms with van der Waals surface area (Å²) in [6, 6.07) is 0.761. The summed E-state index contributed by atoms with van der Waals surface area (Å²) in [4.78, 5) is 0. The van der Waals surface area contributed by atoms with E-state index in [1.807, 2.05) is 13.8 Å². The number of hydrogen-bond donors (Lipinski definition) is 1. The topological polar surface area (TPSA) is 12.0 Å². The molecule has 0 aliphatic carbocycles. The molecule has 1 fully saturated rings. The minimum absolute atomic E-state index is 0.761. The van der Waals surface area contributed by atoms with Gasteiger partial charge < -0.3 is 5.32 Å². The minimum atomic E-state index is 0.761. The van der Waals surface area contributed by atoms with Crippen LogP contribution in [0.25, 0.3) is 0 Å². The predicted octanol–water partition coefficient (Wildman–Crippen LogP) is 3.20. The van der Waals surface area contributed by atoms with E-state index in [0.29, 0.717) is 0 Å². The molecule has 2 atom stereocenters. The van der Waals surface area contributed by atoms with Crippen LogP contribution >= 0.6 is 0 Å². The van der Waals surface area contributed by atoms with Gasteiger partial charge in [0.05, 0.1) is 0 Å². The Hall–Kier alpha value is -0.0400. The van der Waals surface area contributed by atoms with Crippen molar-refractivity contribution >= 4 is 0 Å². The van der Waals surface area contributed by atoms with Crippen molar-refractivity contribution in [2.24, 2.45) is 5.92 Å². The zero-order chi connectivity index (χ0) is 9.40. The Kier molecular flexibility index (Phi) is 7.58. The Morgan fingerprint density at radius 1 is 1.25 bits per heavy atom. The summed E-state index contributed by atoms with van der Waals surface area (Å²) in [5, 5.41) is 3.55. The highest BCUT2D eigenvalue weighted by atomic mass is 14.9. The molecule has 0 aromatic heterocycles. The maximum atomic E-state index is 3.55. The maximum absolute atomic E-state index is 3.55. The molecule has 0 spiro atoms. The second kappa shape index (κ2) is 7.60. The first-order valence-electron chi connectivity index (χ1n) is 5.56. The quantitative estimate of drug-likeness (QED) is 0.639. The zero-order valence-electron chi connectivity index (χ0n) is 9.19. The van der Waals surface area contributed by atoms with E-state index in [4.69, 9.17) is 0 Å². The van der Waals surface area contributed by atoms with E-state index in [1.165, 1.54) is 32.2 Å². The maximum Gasteiger partial charge on any atom is 0.00388 e. The largest absolute Gasteiger partial charge is 0.314 e. The van der Waals surface area contributed by atoms with E-state index in [9.17, 15) is 0 Å². The molecule has 0 radical (unpaired) electrons. The van der Waals surface area contributed by atoms with Crippen LogP contribution in [0.5, 0.6) is 0 Å². The third-order valence-electron chi connectivity index (χ3n) is 2.58. The van der Waals surface area contributed by atoms with Crippen LogP contribution in [0.3, 0.4) is 0 Å². The third kappa shape index (κ3) is 4.76. The molecule has 1 heteroatoms. The molecular formula is C11H25N. The van der Waals surface area contributed by atoms with Crippen molar-refractivity contribution in [2.75, 3.05) is 6.54 Å². The van der Waals surface area contributed by atoms with Crippen LogP contribution in [0, 0.1) is 5.92 Å². The molecule has 12 heavy (non-hydrogen) atoms. The highest BCUT2D eigenvalue weighted by molar-refractivity contribution is 4.71. The van der Waals surface area contributed by atoms with E-state index in [1.54, 1.807) is 0 Å². The first kappa shape index (κ1) is 12.0. The molecular weight excluding hydrogens is 146 g/mol. The lowest BCUT2D eigenvalue weighted by Crippen LogP contribution is -2.27. The van der Waals surface area contributed by atoms with Gasteiger partial charge in [0.1, 0.15) is 0 Å². The molecule has 0 saturated carbocycles. The van der Waals surface area contributed by atoms with E-state index in [2.05, 4.69) is 19.2 Å². The van der Waals surface area contributed by atoms with Crippen LogP contribution < -0.4 is 5.32 Å². The molecule has 1 nitrogen and oxygen atoms in total. The lowest BCUT2D eigenvalue weighted by atomic mass is 10.0. The van der Waals surface area contributed by atoms with Gasteiger partial charge in [-0.2, -0.15) is 0 Å². The fraction of sp³-hybridized carbons (Fsp3) is 1.00. The van der Waals surface area contributed by atoms with Gasteiger partial charge in [-0.05, 0) is 32.2 Å². The molecule has 1 rings (SSSR count). The van der Waals surface area contributed by atoms with Gasteiger partial charge >= 0.3 is 0 Å². The molecule has 1 aliphatic heterocycles. The summed E-state index contributed by atoms with van der Waals surface area (Å²) in [7, 11) is 0. The Morgan fingerprint density at radius 3 is 2.50 bits per heavy atom.